The molecule has 105 valence electrons. The number of hydrogen-bond donors (Lipinski definition) is 1. The zero-order valence-electron chi connectivity index (χ0n) is 12.2. The van der Waals surface area contributed by atoms with Crippen LogP contribution in [-0.2, 0) is 0 Å². The normalized spacial score (nSPS) is 12.7. The quantitative estimate of drug-likeness (QED) is 0.781. The molecule has 0 unspecified atom stereocenters. The average molecular weight is 276 g/mol. The first-order chi connectivity index (χ1) is 10.2. The van der Waals surface area contributed by atoms with E-state index >= 15 is 0 Å². The summed E-state index contributed by atoms with van der Waals surface area (Å²) in [4.78, 5) is 2.13. The summed E-state index contributed by atoms with van der Waals surface area (Å²) < 4.78 is 0. The van der Waals surface area contributed by atoms with Gasteiger partial charge in [0, 0.05) is 5.56 Å². The third kappa shape index (κ3) is 2.50. The van der Waals surface area contributed by atoms with Gasteiger partial charge in [-0.05, 0) is 48.6 Å². The summed E-state index contributed by atoms with van der Waals surface area (Å²) in [6.45, 7) is 0. The Bertz CT molecular complexity index is 750. The summed E-state index contributed by atoms with van der Waals surface area (Å²) in [5.74, 6) is 0.330. The predicted octanol–water partition coefficient (Wildman–Crippen LogP) is 4.00. The smallest absolute Gasteiger partial charge is 0.121 e. The van der Waals surface area contributed by atoms with E-state index in [9.17, 15) is 5.11 Å². The number of rotatable bonds is 3. The van der Waals surface area contributed by atoms with Crippen molar-refractivity contribution >= 4 is 10.8 Å². The van der Waals surface area contributed by atoms with Crippen molar-refractivity contribution in [2.24, 2.45) is 0 Å². The molecule has 0 spiro atoms. The van der Waals surface area contributed by atoms with E-state index in [4.69, 9.17) is 0 Å². The van der Waals surface area contributed by atoms with Crippen LogP contribution in [0.2, 0.25) is 0 Å². The molecule has 1 radical (unpaired) electrons. The molecule has 1 atom stereocenters. The summed E-state index contributed by atoms with van der Waals surface area (Å²) in [5, 5.41) is 12.6. The Morgan fingerprint density at radius 1 is 1.00 bits per heavy atom. The first-order valence-electron chi connectivity index (χ1n) is 7.01. The Kier molecular flexibility index (Phi) is 3.63. The Labute approximate surface area is 125 Å². The average Bonchev–Trinajstić information content (AvgIpc) is 2.51. The molecular weight excluding hydrogens is 258 g/mol. The van der Waals surface area contributed by atoms with Gasteiger partial charge in [0.05, 0.1) is 6.04 Å². The minimum atomic E-state index is 0.0114. The van der Waals surface area contributed by atoms with E-state index in [0.717, 1.165) is 21.9 Å². The van der Waals surface area contributed by atoms with Crippen LogP contribution in [0.25, 0.3) is 10.8 Å². The molecular formula is C19H18NO. The van der Waals surface area contributed by atoms with Crippen molar-refractivity contribution in [3.8, 4) is 5.75 Å². The van der Waals surface area contributed by atoms with Crippen molar-refractivity contribution in [2.45, 2.75) is 6.04 Å². The fourth-order valence-corrected chi connectivity index (χ4v) is 2.87. The molecule has 0 aliphatic carbocycles. The molecule has 3 rings (SSSR count). The Hall–Kier alpha value is -2.32. The number of benzene rings is 3. The molecule has 2 heteroatoms. The van der Waals surface area contributed by atoms with Crippen LogP contribution in [-0.4, -0.2) is 24.1 Å². The van der Waals surface area contributed by atoms with Gasteiger partial charge < -0.3 is 5.11 Å². The monoisotopic (exact) mass is 276 g/mol. The summed E-state index contributed by atoms with van der Waals surface area (Å²) >= 11 is 0. The fraction of sp³-hybridized carbons (Fsp3) is 0.158. The molecule has 0 aliphatic rings. The highest BCUT2D eigenvalue weighted by Crippen LogP contribution is 2.37. The Balaban J connectivity index is 2.28. The molecule has 0 bridgehead atoms. The molecule has 0 amide bonds. The second kappa shape index (κ2) is 5.58. The lowest BCUT2D eigenvalue weighted by Gasteiger charge is -2.27. The third-order valence-electron chi connectivity index (χ3n) is 3.79. The summed E-state index contributed by atoms with van der Waals surface area (Å²) in [7, 11) is 4.07. The van der Waals surface area contributed by atoms with E-state index in [1.54, 1.807) is 6.07 Å². The van der Waals surface area contributed by atoms with Gasteiger partial charge in [-0.15, -0.1) is 0 Å². The van der Waals surface area contributed by atoms with Crippen molar-refractivity contribution in [1.82, 2.24) is 4.90 Å². The van der Waals surface area contributed by atoms with E-state index in [-0.39, 0.29) is 6.04 Å². The first-order valence-corrected chi connectivity index (χ1v) is 7.01. The highest BCUT2D eigenvalue weighted by atomic mass is 16.3. The van der Waals surface area contributed by atoms with Crippen LogP contribution in [0.15, 0.2) is 60.7 Å². The predicted molar refractivity (Wildman–Crippen MR) is 86.4 cm³/mol. The van der Waals surface area contributed by atoms with Gasteiger partial charge in [-0.2, -0.15) is 0 Å². The van der Waals surface area contributed by atoms with Crippen LogP contribution < -0.4 is 0 Å². The summed E-state index contributed by atoms with van der Waals surface area (Å²) in [6.07, 6.45) is 0. The number of aromatic hydroxyl groups is 1. The minimum absolute atomic E-state index is 0.0114. The van der Waals surface area contributed by atoms with Gasteiger partial charge in [0.1, 0.15) is 5.75 Å². The van der Waals surface area contributed by atoms with Crippen molar-refractivity contribution in [1.29, 1.82) is 0 Å². The van der Waals surface area contributed by atoms with Crippen LogP contribution in [0.4, 0.5) is 0 Å². The molecule has 21 heavy (non-hydrogen) atoms. The summed E-state index contributed by atoms with van der Waals surface area (Å²) in [6, 6.07) is 22.9. The van der Waals surface area contributed by atoms with E-state index in [2.05, 4.69) is 23.1 Å². The van der Waals surface area contributed by atoms with Crippen LogP contribution in [0.3, 0.4) is 0 Å². The molecule has 3 aromatic carbocycles. The van der Waals surface area contributed by atoms with Gasteiger partial charge in [-0.3, -0.25) is 4.90 Å². The highest BCUT2D eigenvalue weighted by molar-refractivity contribution is 5.88. The van der Waals surface area contributed by atoms with Crippen LogP contribution in [0, 0.1) is 6.07 Å². The Morgan fingerprint density at radius 2 is 1.76 bits per heavy atom. The minimum Gasteiger partial charge on any atom is -0.508 e. The van der Waals surface area contributed by atoms with Gasteiger partial charge in [0.2, 0.25) is 0 Å². The summed E-state index contributed by atoms with van der Waals surface area (Å²) in [5.41, 5.74) is 2.11. The standard InChI is InChI=1S/C19H18NO/c1-20(2)19(15-9-4-3-5-10-15)18-16-11-7-6-8-14(16)12-13-17(18)21/h3-5,7-13,19,21H,1-2H3/t19-/m1/s1. The van der Waals surface area contributed by atoms with Gasteiger partial charge in [-0.25, -0.2) is 0 Å². The molecule has 0 saturated carbocycles. The number of hydrogen-bond acceptors (Lipinski definition) is 2. The van der Waals surface area contributed by atoms with Crippen LogP contribution >= 0.6 is 0 Å². The SMILES string of the molecule is CN(C)[C@H](c1ccccc1)c1c(O)ccc2c[c]ccc12. The number of phenols is 1. The zero-order chi connectivity index (χ0) is 14.8. The highest BCUT2D eigenvalue weighted by Gasteiger charge is 2.22. The maximum atomic E-state index is 10.5. The molecule has 0 heterocycles. The lowest BCUT2D eigenvalue weighted by atomic mass is 9.92. The lowest BCUT2D eigenvalue weighted by molar-refractivity contribution is 0.333. The Morgan fingerprint density at radius 3 is 2.48 bits per heavy atom. The van der Waals surface area contributed by atoms with Gasteiger partial charge in [-0.1, -0.05) is 48.5 Å². The van der Waals surface area contributed by atoms with Gasteiger partial charge in [0.15, 0.2) is 0 Å². The number of fused-ring (bicyclic) bond motifs is 1. The first kappa shape index (κ1) is 13.7. The largest absolute Gasteiger partial charge is 0.508 e. The maximum Gasteiger partial charge on any atom is 0.121 e. The van der Waals surface area contributed by atoms with E-state index in [0.29, 0.717) is 5.75 Å². The fourth-order valence-electron chi connectivity index (χ4n) is 2.87. The zero-order valence-corrected chi connectivity index (χ0v) is 12.2. The number of nitrogens with zero attached hydrogens (tertiary/aromatic N) is 1. The molecule has 2 nitrogen and oxygen atoms in total. The van der Waals surface area contributed by atoms with Crippen molar-refractivity contribution in [3.05, 3.63) is 77.9 Å². The van der Waals surface area contributed by atoms with E-state index in [1.807, 2.05) is 56.6 Å². The van der Waals surface area contributed by atoms with E-state index in [1.165, 1.54) is 0 Å². The molecule has 0 fully saturated rings. The van der Waals surface area contributed by atoms with Crippen LogP contribution in [0.1, 0.15) is 17.2 Å². The molecule has 0 saturated heterocycles. The second-order valence-corrected chi connectivity index (χ2v) is 5.42. The van der Waals surface area contributed by atoms with E-state index < -0.39 is 0 Å². The van der Waals surface area contributed by atoms with Crippen molar-refractivity contribution in [2.75, 3.05) is 14.1 Å². The van der Waals surface area contributed by atoms with Crippen LogP contribution in [0.5, 0.6) is 5.75 Å². The topological polar surface area (TPSA) is 23.5 Å². The molecule has 1 N–H and O–H groups in total. The molecule has 0 aliphatic heterocycles. The van der Waals surface area contributed by atoms with Gasteiger partial charge in [0.25, 0.3) is 0 Å². The molecule has 0 aromatic heterocycles. The number of phenolic OH excluding ortho intramolecular Hbond substituents is 1. The maximum absolute atomic E-state index is 10.5. The lowest BCUT2D eigenvalue weighted by Crippen LogP contribution is -2.21. The van der Waals surface area contributed by atoms with Crippen molar-refractivity contribution < 1.29 is 5.11 Å². The molecule has 3 aromatic rings. The second-order valence-electron chi connectivity index (χ2n) is 5.42. The van der Waals surface area contributed by atoms with Crippen molar-refractivity contribution in [3.63, 3.8) is 0 Å². The third-order valence-corrected chi connectivity index (χ3v) is 3.79. The van der Waals surface area contributed by atoms with Gasteiger partial charge >= 0.3 is 0 Å².